The molecule has 3 aromatic carbocycles. The number of benzene rings is 3. The Kier molecular flexibility index (Phi) is 6.99. The quantitative estimate of drug-likeness (QED) is 0.336. The van der Waals surface area contributed by atoms with Crippen molar-refractivity contribution in [3.05, 3.63) is 113 Å². The van der Waals surface area contributed by atoms with E-state index in [4.69, 9.17) is 11.6 Å². The molecule has 1 unspecified atom stereocenters. The van der Waals surface area contributed by atoms with E-state index in [-0.39, 0.29) is 17.1 Å². The number of nitrogens with zero attached hydrogens (tertiary/aromatic N) is 1. The van der Waals surface area contributed by atoms with Gasteiger partial charge in [0, 0.05) is 11.8 Å². The number of carbonyl (C=O) groups is 2. The first-order chi connectivity index (χ1) is 16.4. The minimum absolute atomic E-state index is 0.00545. The summed E-state index contributed by atoms with van der Waals surface area (Å²) in [6, 6.07) is 24.0. The highest BCUT2D eigenvalue weighted by Gasteiger charge is 2.20. The van der Waals surface area contributed by atoms with Crippen LogP contribution in [-0.2, 0) is 4.79 Å². The lowest BCUT2D eigenvalue weighted by atomic mass is 9.99. The van der Waals surface area contributed by atoms with Crippen molar-refractivity contribution in [2.75, 3.05) is 0 Å². The number of nitrogens with one attached hydrogen (secondary N) is 1. The number of pyridine rings is 1. The third kappa shape index (κ3) is 5.47. The first-order valence-electron chi connectivity index (χ1n) is 10.5. The van der Waals surface area contributed by atoms with Crippen LogP contribution in [0.2, 0.25) is 5.02 Å². The van der Waals surface area contributed by atoms with Crippen molar-refractivity contribution < 1.29 is 19.1 Å². The van der Waals surface area contributed by atoms with Gasteiger partial charge < -0.3 is 10.4 Å². The summed E-state index contributed by atoms with van der Waals surface area (Å²) in [5, 5.41) is 12.1. The van der Waals surface area contributed by atoms with Gasteiger partial charge in [0.25, 0.3) is 5.91 Å². The van der Waals surface area contributed by atoms with Crippen LogP contribution in [0, 0.1) is 5.82 Å². The highest BCUT2D eigenvalue weighted by atomic mass is 35.5. The van der Waals surface area contributed by atoms with Crippen LogP contribution in [0.4, 0.5) is 4.39 Å². The van der Waals surface area contributed by atoms with Crippen LogP contribution in [0.5, 0.6) is 0 Å². The molecule has 1 atom stereocenters. The number of amides is 1. The maximum absolute atomic E-state index is 13.4. The Bertz CT molecular complexity index is 1310. The normalized spacial score (nSPS) is 11.6. The van der Waals surface area contributed by atoms with E-state index in [1.54, 1.807) is 12.1 Å². The molecule has 34 heavy (non-hydrogen) atoms. The topological polar surface area (TPSA) is 79.3 Å². The van der Waals surface area contributed by atoms with E-state index in [1.165, 1.54) is 24.4 Å². The SMILES string of the molecule is O=C(O)CC(NC(=O)c1ccc(-c2ccc(F)c(Cl)c2)cn1)c1ccc(-c2ccccc2)cc1. The fraction of sp³-hybridized carbons (Fsp3) is 0.0741. The molecule has 0 saturated heterocycles. The molecule has 1 aromatic heterocycles. The Hall–Kier alpha value is -4.03. The van der Waals surface area contributed by atoms with E-state index in [2.05, 4.69) is 10.3 Å². The van der Waals surface area contributed by atoms with Crippen LogP contribution < -0.4 is 5.32 Å². The summed E-state index contributed by atoms with van der Waals surface area (Å²) in [5.41, 5.74) is 4.16. The standard InChI is InChI=1S/C27H20ClFN2O3/c28-22-14-20(10-12-23(22)29)21-11-13-24(30-16-21)27(34)31-25(15-26(32)33)19-8-6-18(7-9-19)17-4-2-1-3-5-17/h1-14,16,25H,15H2,(H,31,34)(H,32,33). The monoisotopic (exact) mass is 474 g/mol. The van der Waals surface area contributed by atoms with Crippen molar-refractivity contribution in [1.29, 1.82) is 0 Å². The summed E-state index contributed by atoms with van der Waals surface area (Å²) >= 11 is 5.84. The van der Waals surface area contributed by atoms with Gasteiger partial charge in [0.2, 0.25) is 0 Å². The molecule has 170 valence electrons. The van der Waals surface area contributed by atoms with Crippen LogP contribution in [0.3, 0.4) is 0 Å². The number of hydrogen-bond acceptors (Lipinski definition) is 3. The second kappa shape index (κ2) is 10.3. The van der Waals surface area contributed by atoms with E-state index in [9.17, 15) is 19.1 Å². The smallest absolute Gasteiger partial charge is 0.305 e. The van der Waals surface area contributed by atoms with Crippen molar-refractivity contribution in [1.82, 2.24) is 10.3 Å². The molecule has 0 aliphatic carbocycles. The average molecular weight is 475 g/mol. The van der Waals surface area contributed by atoms with Crippen LogP contribution in [0.25, 0.3) is 22.3 Å². The fourth-order valence-electron chi connectivity index (χ4n) is 3.57. The molecule has 4 aromatic rings. The molecule has 1 amide bonds. The van der Waals surface area contributed by atoms with Crippen molar-refractivity contribution in [2.24, 2.45) is 0 Å². The molecule has 4 rings (SSSR count). The van der Waals surface area contributed by atoms with Crippen LogP contribution >= 0.6 is 11.6 Å². The number of rotatable bonds is 7. The van der Waals surface area contributed by atoms with Crippen molar-refractivity contribution in [3.8, 4) is 22.3 Å². The van der Waals surface area contributed by atoms with Gasteiger partial charge in [-0.25, -0.2) is 4.39 Å². The molecule has 0 aliphatic rings. The van der Waals surface area contributed by atoms with Gasteiger partial charge in [0.15, 0.2) is 0 Å². The van der Waals surface area contributed by atoms with Gasteiger partial charge >= 0.3 is 5.97 Å². The predicted octanol–water partition coefficient (Wildman–Crippen LogP) is 6.15. The number of halogens is 2. The number of carbonyl (C=O) groups excluding carboxylic acids is 1. The Balaban J connectivity index is 1.51. The Morgan fingerprint density at radius 3 is 2.15 bits per heavy atom. The Morgan fingerprint density at radius 2 is 1.53 bits per heavy atom. The highest BCUT2D eigenvalue weighted by molar-refractivity contribution is 6.31. The lowest BCUT2D eigenvalue weighted by Crippen LogP contribution is -2.30. The van der Waals surface area contributed by atoms with Gasteiger partial charge in [-0.05, 0) is 40.5 Å². The minimum Gasteiger partial charge on any atom is -0.481 e. The summed E-state index contributed by atoms with van der Waals surface area (Å²) in [6.07, 6.45) is 1.21. The largest absolute Gasteiger partial charge is 0.481 e. The third-order valence-corrected chi connectivity index (χ3v) is 5.64. The minimum atomic E-state index is -1.03. The lowest BCUT2D eigenvalue weighted by molar-refractivity contribution is -0.137. The summed E-state index contributed by atoms with van der Waals surface area (Å²) in [5.74, 6) is -2.05. The predicted molar refractivity (Wildman–Crippen MR) is 129 cm³/mol. The molecular weight excluding hydrogens is 455 g/mol. The number of carboxylic acid groups (broad SMARTS) is 1. The number of carboxylic acids is 1. The molecule has 2 N–H and O–H groups in total. The van der Waals surface area contributed by atoms with Gasteiger partial charge in [-0.1, -0.05) is 78.3 Å². The molecular formula is C27H20ClFN2O3. The summed E-state index contributed by atoms with van der Waals surface area (Å²) < 4.78 is 13.4. The fourth-order valence-corrected chi connectivity index (χ4v) is 3.75. The van der Waals surface area contributed by atoms with Crippen molar-refractivity contribution in [2.45, 2.75) is 12.5 Å². The van der Waals surface area contributed by atoms with Gasteiger partial charge in [-0.2, -0.15) is 0 Å². The zero-order chi connectivity index (χ0) is 24.1. The lowest BCUT2D eigenvalue weighted by Gasteiger charge is -2.18. The number of hydrogen-bond donors (Lipinski definition) is 2. The zero-order valence-corrected chi connectivity index (χ0v) is 18.7. The molecule has 7 heteroatoms. The van der Waals surface area contributed by atoms with Gasteiger partial charge in [-0.3, -0.25) is 14.6 Å². The van der Waals surface area contributed by atoms with Crippen molar-refractivity contribution >= 4 is 23.5 Å². The Labute approximate surface area is 200 Å². The number of aromatic nitrogens is 1. The second-order valence-electron chi connectivity index (χ2n) is 7.67. The van der Waals surface area contributed by atoms with Crippen LogP contribution in [0.1, 0.15) is 28.5 Å². The maximum atomic E-state index is 13.4. The van der Waals surface area contributed by atoms with E-state index in [1.807, 2.05) is 54.6 Å². The average Bonchev–Trinajstić information content (AvgIpc) is 2.86. The first kappa shape index (κ1) is 23.1. The van der Waals surface area contributed by atoms with E-state index >= 15 is 0 Å². The second-order valence-corrected chi connectivity index (χ2v) is 8.08. The van der Waals surface area contributed by atoms with Gasteiger partial charge in [-0.15, -0.1) is 0 Å². The van der Waals surface area contributed by atoms with E-state index in [0.717, 1.165) is 11.1 Å². The van der Waals surface area contributed by atoms with E-state index < -0.39 is 23.7 Å². The molecule has 5 nitrogen and oxygen atoms in total. The maximum Gasteiger partial charge on any atom is 0.305 e. The summed E-state index contributed by atoms with van der Waals surface area (Å²) in [7, 11) is 0. The molecule has 0 radical (unpaired) electrons. The van der Waals surface area contributed by atoms with Crippen LogP contribution in [0.15, 0.2) is 91.1 Å². The van der Waals surface area contributed by atoms with Gasteiger partial charge in [0.1, 0.15) is 11.5 Å². The van der Waals surface area contributed by atoms with Gasteiger partial charge in [0.05, 0.1) is 17.5 Å². The molecule has 1 heterocycles. The third-order valence-electron chi connectivity index (χ3n) is 5.35. The molecule has 0 spiro atoms. The van der Waals surface area contributed by atoms with Crippen molar-refractivity contribution in [3.63, 3.8) is 0 Å². The highest BCUT2D eigenvalue weighted by Crippen LogP contribution is 2.26. The van der Waals surface area contributed by atoms with Crippen LogP contribution in [-0.4, -0.2) is 22.0 Å². The summed E-state index contributed by atoms with van der Waals surface area (Å²) in [4.78, 5) is 28.4. The molecule has 0 fully saturated rings. The Morgan fingerprint density at radius 1 is 0.882 bits per heavy atom. The van der Waals surface area contributed by atoms with E-state index in [0.29, 0.717) is 16.7 Å². The molecule has 0 saturated carbocycles. The zero-order valence-electron chi connectivity index (χ0n) is 17.9. The molecule has 0 bridgehead atoms. The first-order valence-corrected chi connectivity index (χ1v) is 10.9. The molecule has 0 aliphatic heterocycles. The number of aliphatic carboxylic acids is 1. The summed E-state index contributed by atoms with van der Waals surface area (Å²) in [6.45, 7) is 0.